The average molecular weight is 466 g/mol. The van der Waals surface area contributed by atoms with Crippen LogP contribution >= 0.6 is 34.8 Å². The smallest absolute Gasteiger partial charge is 0.272 e. The van der Waals surface area contributed by atoms with E-state index in [4.69, 9.17) is 39.5 Å². The third-order valence-electron chi connectivity index (χ3n) is 4.07. The molecule has 8 heteroatoms. The summed E-state index contributed by atoms with van der Waals surface area (Å²) in [4.78, 5) is 12.2. The van der Waals surface area contributed by atoms with Gasteiger partial charge in [0, 0.05) is 0 Å². The standard InChI is InChI=1S/C22H16Cl3FN2O2/c1-13-2-7-17(18(23)8-13)22(29)28-27-11-15-9-19(24)21(20(25)10-15)30-12-14-3-5-16(26)6-4-14/h2-11H,12H2,1H3,(H,28,29)/b27-11-. The molecule has 3 aromatic rings. The molecule has 0 heterocycles. The number of nitrogens with one attached hydrogen (secondary N) is 1. The summed E-state index contributed by atoms with van der Waals surface area (Å²) >= 11 is 18.6. The number of halogens is 4. The number of nitrogens with zero attached hydrogens (tertiary/aromatic N) is 1. The SMILES string of the molecule is Cc1ccc(C(=O)N/N=C\c2cc(Cl)c(OCc3ccc(F)cc3)c(Cl)c2)c(Cl)c1. The molecule has 0 unspecified atom stereocenters. The van der Waals surface area contributed by atoms with Crippen molar-refractivity contribution in [2.75, 3.05) is 0 Å². The molecule has 0 aliphatic heterocycles. The van der Waals surface area contributed by atoms with Gasteiger partial charge in [0.2, 0.25) is 0 Å². The predicted molar refractivity (Wildman–Crippen MR) is 118 cm³/mol. The molecule has 0 radical (unpaired) electrons. The lowest BCUT2D eigenvalue weighted by molar-refractivity contribution is 0.0955. The van der Waals surface area contributed by atoms with Crippen LogP contribution in [0.4, 0.5) is 4.39 Å². The molecule has 0 spiro atoms. The van der Waals surface area contributed by atoms with Crippen LogP contribution < -0.4 is 10.2 Å². The normalized spacial score (nSPS) is 11.0. The maximum atomic E-state index is 13.0. The van der Waals surface area contributed by atoms with Crippen molar-refractivity contribution in [1.82, 2.24) is 5.43 Å². The molecule has 0 aromatic heterocycles. The zero-order chi connectivity index (χ0) is 21.7. The van der Waals surface area contributed by atoms with Crippen LogP contribution in [0.25, 0.3) is 0 Å². The molecule has 3 aromatic carbocycles. The first-order valence-corrected chi connectivity index (χ1v) is 9.92. The van der Waals surface area contributed by atoms with Crippen molar-refractivity contribution in [3.8, 4) is 5.75 Å². The first kappa shape index (κ1) is 22.1. The van der Waals surface area contributed by atoms with E-state index >= 15 is 0 Å². The average Bonchev–Trinajstić information content (AvgIpc) is 2.68. The van der Waals surface area contributed by atoms with Gasteiger partial charge in [0.15, 0.2) is 5.75 Å². The minimum absolute atomic E-state index is 0.181. The fourth-order valence-electron chi connectivity index (χ4n) is 2.56. The third kappa shape index (κ3) is 5.72. The largest absolute Gasteiger partial charge is 0.486 e. The summed E-state index contributed by atoms with van der Waals surface area (Å²) in [5.74, 6) is -0.460. The molecule has 0 saturated carbocycles. The summed E-state index contributed by atoms with van der Waals surface area (Å²) in [6.45, 7) is 2.06. The van der Waals surface area contributed by atoms with E-state index < -0.39 is 5.91 Å². The number of hydrogen-bond donors (Lipinski definition) is 1. The van der Waals surface area contributed by atoms with Gasteiger partial charge in [0.1, 0.15) is 12.4 Å². The predicted octanol–water partition coefficient (Wildman–Crippen LogP) is 6.44. The fraction of sp³-hybridized carbons (Fsp3) is 0.0909. The summed E-state index contributed by atoms with van der Waals surface area (Å²) in [7, 11) is 0. The van der Waals surface area contributed by atoms with Crippen LogP contribution in [0.5, 0.6) is 5.75 Å². The number of ether oxygens (including phenoxy) is 1. The quantitative estimate of drug-likeness (QED) is 0.336. The molecule has 1 N–H and O–H groups in total. The molecule has 0 saturated heterocycles. The van der Waals surface area contributed by atoms with E-state index in [1.807, 2.05) is 6.92 Å². The number of rotatable bonds is 6. The highest BCUT2D eigenvalue weighted by Crippen LogP contribution is 2.34. The third-order valence-corrected chi connectivity index (χ3v) is 4.94. The summed E-state index contributed by atoms with van der Waals surface area (Å²) in [6.07, 6.45) is 1.40. The summed E-state index contributed by atoms with van der Waals surface area (Å²) < 4.78 is 18.6. The second-order valence-electron chi connectivity index (χ2n) is 6.41. The van der Waals surface area contributed by atoms with Gasteiger partial charge in [-0.15, -0.1) is 0 Å². The minimum Gasteiger partial charge on any atom is -0.486 e. The molecule has 0 bridgehead atoms. The topological polar surface area (TPSA) is 50.7 Å². The van der Waals surface area contributed by atoms with Crippen molar-refractivity contribution in [2.24, 2.45) is 5.10 Å². The van der Waals surface area contributed by atoms with Crippen LogP contribution in [0.15, 0.2) is 59.7 Å². The Hall–Kier alpha value is -2.60. The molecule has 0 aliphatic carbocycles. The van der Waals surface area contributed by atoms with E-state index in [0.717, 1.165) is 11.1 Å². The van der Waals surface area contributed by atoms with Gasteiger partial charge < -0.3 is 4.74 Å². The Balaban J connectivity index is 1.65. The second kappa shape index (κ2) is 9.94. The second-order valence-corrected chi connectivity index (χ2v) is 7.63. The van der Waals surface area contributed by atoms with Gasteiger partial charge in [-0.25, -0.2) is 9.82 Å². The lowest BCUT2D eigenvalue weighted by Gasteiger charge is -2.11. The Morgan fingerprint density at radius 3 is 2.33 bits per heavy atom. The van der Waals surface area contributed by atoms with Crippen molar-refractivity contribution in [3.05, 3.63) is 97.7 Å². The van der Waals surface area contributed by atoms with Crippen LogP contribution in [0.3, 0.4) is 0 Å². The van der Waals surface area contributed by atoms with Crippen molar-refractivity contribution < 1.29 is 13.9 Å². The minimum atomic E-state index is -0.437. The van der Waals surface area contributed by atoms with Crippen LogP contribution in [-0.2, 0) is 6.61 Å². The number of aryl methyl sites for hydroxylation is 1. The summed E-state index contributed by atoms with van der Waals surface area (Å²) in [5.41, 5.74) is 5.01. The van der Waals surface area contributed by atoms with E-state index in [0.29, 0.717) is 21.9 Å². The monoisotopic (exact) mass is 464 g/mol. The van der Waals surface area contributed by atoms with Crippen LogP contribution in [-0.4, -0.2) is 12.1 Å². The Labute approximate surface area is 188 Å². The van der Waals surface area contributed by atoms with E-state index in [2.05, 4.69) is 10.5 Å². The zero-order valence-corrected chi connectivity index (χ0v) is 18.0. The zero-order valence-electron chi connectivity index (χ0n) is 15.8. The highest BCUT2D eigenvalue weighted by Gasteiger charge is 2.11. The lowest BCUT2D eigenvalue weighted by Crippen LogP contribution is -2.18. The van der Waals surface area contributed by atoms with Gasteiger partial charge >= 0.3 is 0 Å². The summed E-state index contributed by atoms with van der Waals surface area (Å²) in [5, 5.41) is 4.82. The van der Waals surface area contributed by atoms with Gasteiger partial charge in [0.05, 0.1) is 26.8 Å². The fourth-order valence-corrected chi connectivity index (χ4v) is 3.49. The summed E-state index contributed by atoms with van der Waals surface area (Å²) in [6, 6.07) is 14.2. The van der Waals surface area contributed by atoms with Crippen molar-refractivity contribution in [2.45, 2.75) is 13.5 Å². The molecule has 3 rings (SSSR count). The van der Waals surface area contributed by atoms with Crippen molar-refractivity contribution >= 4 is 46.9 Å². The Kier molecular flexibility index (Phi) is 7.32. The number of amides is 1. The molecule has 1 amide bonds. The number of carbonyl (C=O) groups excluding carboxylic acids is 1. The molecular weight excluding hydrogens is 450 g/mol. The highest BCUT2D eigenvalue weighted by atomic mass is 35.5. The van der Waals surface area contributed by atoms with Crippen molar-refractivity contribution in [3.63, 3.8) is 0 Å². The Bertz CT molecular complexity index is 1080. The van der Waals surface area contributed by atoms with E-state index in [-0.39, 0.29) is 22.5 Å². The number of hydrogen-bond acceptors (Lipinski definition) is 3. The van der Waals surface area contributed by atoms with Crippen molar-refractivity contribution in [1.29, 1.82) is 0 Å². The van der Waals surface area contributed by atoms with Gasteiger partial charge in [0.25, 0.3) is 5.91 Å². The number of benzene rings is 3. The first-order valence-electron chi connectivity index (χ1n) is 8.79. The molecule has 4 nitrogen and oxygen atoms in total. The molecule has 0 atom stereocenters. The number of carbonyl (C=O) groups is 1. The Morgan fingerprint density at radius 2 is 1.70 bits per heavy atom. The van der Waals surface area contributed by atoms with Gasteiger partial charge in [-0.05, 0) is 60.0 Å². The van der Waals surface area contributed by atoms with E-state index in [9.17, 15) is 9.18 Å². The lowest BCUT2D eigenvalue weighted by atomic mass is 10.1. The van der Waals surface area contributed by atoms with E-state index in [1.54, 1.807) is 42.5 Å². The molecule has 30 heavy (non-hydrogen) atoms. The van der Waals surface area contributed by atoms with Crippen LogP contribution in [0.1, 0.15) is 27.0 Å². The maximum absolute atomic E-state index is 13.0. The highest BCUT2D eigenvalue weighted by molar-refractivity contribution is 6.37. The molecular formula is C22H16Cl3FN2O2. The molecule has 154 valence electrons. The van der Waals surface area contributed by atoms with Crippen LogP contribution in [0, 0.1) is 12.7 Å². The Morgan fingerprint density at radius 1 is 1.03 bits per heavy atom. The first-order chi connectivity index (χ1) is 14.3. The molecule has 0 aliphatic rings. The van der Waals surface area contributed by atoms with E-state index in [1.165, 1.54) is 18.3 Å². The van der Waals surface area contributed by atoms with Gasteiger partial charge in [-0.1, -0.05) is 53.0 Å². The van der Waals surface area contributed by atoms with Gasteiger partial charge in [-0.3, -0.25) is 4.79 Å². The number of hydrazone groups is 1. The van der Waals surface area contributed by atoms with Gasteiger partial charge in [-0.2, -0.15) is 5.10 Å². The molecule has 0 fully saturated rings. The van der Waals surface area contributed by atoms with Crippen LogP contribution in [0.2, 0.25) is 15.1 Å². The maximum Gasteiger partial charge on any atom is 0.272 e.